The summed E-state index contributed by atoms with van der Waals surface area (Å²) in [4.78, 5) is 4.64. The number of hydrogen-bond acceptors (Lipinski definition) is 2. The Morgan fingerprint density at radius 2 is 1.73 bits per heavy atom. The average Bonchev–Trinajstić information content (AvgIpc) is 2.42. The fraction of sp³-hybridized carbons (Fsp3) is 0.611. The summed E-state index contributed by atoms with van der Waals surface area (Å²) in [5, 5.41) is 6.66. The van der Waals surface area contributed by atoms with Crippen LogP contribution in [0.3, 0.4) is 0 Å². The smallest absolute Gasteiger partial charge is 0.191 e. The van der Waals surface area contributed by atoms with Crippen LogP contribution in [0.2, 0.25) is 0 Å². The van der Waals surface area contributed by atoms with Crippen molar-refractivity contribution in [2.24, 2.45) is 4.99 Å². The third kappa shape index (κ3) is 8.03. The summed E-state index contributed by atoms with van der Waals surface area (Å²) in [7, 11) is 0. The molecule has 0 aliphatic heterocycles. The largest absolute Gasteiger partial charge is 0.374 e. The number of benzene rings is 1. The van der Waals surface area contributed by atoms with Crippen molar-refractivity contribution in [3.8, 4) is 0 Å². The van der Waals surface area contributed by atoms with Gasteiger partial charge in [0.05, 0.1) is 19.3 Å². The first-order chi connectivity index (χ1) is 10.3. The number of aliphatic imine (C=N–C) groups is 1. The number of rotatable bonds is 6. The highest BCUT2D eigenvalue weighted by Crippen LogP contribution is 2.08. The van der Waals surface area contributed by atoms with E-state index in [1.54, 1.807) is 0 Å². The molecule has 0 amide bonds. The predicted molar refractivity (Wildman–Crippen MR) is 94.1 cm³/mol. The van der Waals surface area contributed by atoms with Crippen LogP contribution in [0.25, 0.3) is 0 Å². The van der Waals surface area contributed by atoms with Crippen molar-refractivity contribution in [2.75, 3.05) is 6.54 Å². The predicted octanol–water partition coefficient (Wildman–Crippen LogP) is 3.47. The molecule has 0 aromatic heterocycles. The van der Waals surface area contributed by atoms with Gasteiger partial charge in [0, 0.05) is 12.1 Å². The molecule has 4 nitrogen and oxygen atoms in total. The van der Waals surface area contributed by atoms with E-state index in [1.165, 1.54) is 11.1 Å². The Kier molecular flexibility index (Phi) is 7.39. The molecule has 0 saturated carbocycles. The Bertz CT molecular complexity index is 458. The van der Waals surface area contributed by atoms with Gasteiger partial charge in [-0.05, 0) is 52.7 Å². The lowest BCUT2D eigenvalue weighted by molar-refractivity contribution is 0.0657. The monoisotopic (exact) mass is 305 g/mol. The summed E-state index contributed by atoms with van der Waals surface area (Å²) in [6, 6.07) is 8.45. The Hall–Kier alpha value is -1.55. The average molecular weight is 305 g/mol. The SMILES string of the molecule is CCNC(=NCc1ccc(COC(C)C)cc1)NC(C)(C)C. The van der Waals surface area contributed by atoms with Gasteiger partial charge < -0.3 is 15.4 Å². The van der Waals surface area contributed by atoms with Crippen molar-refractivity contribution in [3.63, 3.8) is 0 Å². The van der Waals surface area contributed by atoms with Crippen molar-refractivity contribution in [3.05, 3.63) is 35.4 Å². The molecule has 0 saturated heterocycles. The molecule has 1 aromatic carbocycles. The molecule has 1 aromatic rings. The molecule has 1 rings (SSSR count). The van der Waals surface area contributed by atoms with Crippen LogP contribution in [-0.2, 0) is 17.9 Å². The van der Waals surface area contributed by atoms with Gasteiger partial charge in [-0.25, -0.2) is 4.99 Å². The quantitative estimate of drug-likeness (QED) is 0.625. The van der Waals surface area contributed by atoms with Crippen LogP contribution >= 0.6 is 0 Å². The number of nitrogens with one attached hydrogen (secondary N) is 2. The van der Waals surface area contributed by atoms with E-state index in [0.29, 0.717) is 13.2 Å². The summed E-state index contributed by atoms with van der Waals surface area (Å²) in [6.07, 6.45) is 0.260. The normalized spacial score (nSPS) is 12.6. The molecule has 22 heavy (non-hydrogen) atoms. The highest BCUT2D eigenvalue weighted by Gasteiger charge is 2.11. The maximum atomic E-state index is 5.61. The first kappa shape index (κ1) is 18.5. The number of ether oxygens (including phenoxy) is 1. The van der Waals surface area contributed by atoms with E-state index in [4.69, 9.17) is 4.74 Å². The lowest BCUT2D eigenvalue weighted by Crippen LogP contribution is -2.47. The van der Waals surface area contributed by atoms with Gasteiger partial charge in [0.25, 0.3) is 0 Å². The second-order valence-electron chi connectivity index (χ2n) is 6.75. The fourth-order valence-corrected chi connectivity index (χ4v) is 1.84. The Balaban J connectivity index is 2.62. The summed E-state index contributed by atoms with van der Waals surface area (Å²) in [5.41, 5.74) is 2.39. The Labute approximate surface area is 135 Å². The third-order valence-corrected chi connectivity index (χ3v) is 2.86. The van der Waals surface area contributed by atoms with Crippen LogP contribution in [0.15, 0.2) is 29.3 Å². The highest BCUT2D eigenvalue weighted by atomic mass is 16.5. The highest BCUT2D eigenvalue weighted by molar-refractivity contribution is 5.80. The summed E-state index contributed by atoms with van der Waals surface area (Å²) < 4.78 is 5.61. The van der Waals surface area contributed by atoms with E-state index in [9.17, 15) is 0 Å². The van der Waals surface area contributed by atoms with Crippen LogP contribution in [0, 0.1) is 0 Å². The summed E-state index contributed by atoms with van der Waals surface area (Å²) in [6.45, 7) is 14.7. The molecule has 0 heterocycles. The maximum absolute atomic E-state index is 5.61. The van der Waals surface area contributed by atoms with E-state index in [-0.39, 0.29) is 11.6 Å². The second kappa shape index (κ2) is 8.79. The molecular weight excluding hydrogens is 274 g/mol. The standard InChI is InChI=1S/C18H31N3O/c1-7-19-17(21-18(4,5)6)20-12-15-8-10-16(11-9-15)13-22-14(2)3/h8-11,14H,7,12-13H2,1-6H3,(H2,19,20,21). The zero-order valence-corrected chi connectivity index (χ0v) is 14.9. The molecular formula is C18H31N3O. The molecule has 0 aliphatic rings. The number of guanidine groups is 1. The van der Waals surface area contributed by atoms with Gasteiger partial charge >= 0.3 is 0 Å². The molecule has 0 aliphatic carbocycles. The summed E-state index contributed by atoms with van der Waals surface area (Å²) >= 11 is 0. The molecule has 4 heteroatoms. The van der Waals surface area contributed by atoms with Crippen LogP contribution in [0.4, 0.5) is 0 Å². The Morgan fingerprint density at radius 1 is 1.14 bits per heavy atom. The van der Waals surface area contributed by atoms with E-state index >= 15 is 0 Å². The first-order valence-electron chi connectivity index (χ1n) is 8.06. The third-order valence-electron chi connectivity index (χ3n) is 2.86. The van der Waals surface area contributed by atoms with Crippen LogP contribution in [-0.4, -0.2) is 24.1 Å². The van der Waals surface area contributed by atoms with E-state index in [0.717, 1.165) is 12.5 Å². The van der Waals surface area contributed by atoms with Gasteiger partial charge in [0.15, 0.2) is 5.96 Å². The minimum atomic E-state index is -0.000947. The molecule has 0 spiro atoms. The van der Waals surface area contributed by atoms with Crippen LogP contribution in [0.1, 0.15) is 52.7 Å². The molecule has 2 N–H and O–H groups in total. The van der Waals surface area contributed by atoms with Crippen molar-refractivity contribution in [1.82, 2.24) is 10.6 Å². The zero-order valence-electron chi connectivity index (χ0n) is 14.9. The number of hydrogen-bond donors (Lipinski definition) is 2. The molecule has 0 bridgehead atoms. The van der Waals surface area contributed by atoms with Crippen molar-refractivity contribution in [2.45, 2.75) is 66.3 Å². The second-order valence-corrected chi connectivity index (χ2v) is 6.75. The van der Waals surface area contributed by atoms with Gasteiger partial charge in [0.1, 0.15) is 0 Å². The Morgan fingerprint density at radius 3 is 2.23 bits per heavy atom. The van der Waals surface area contributed by atoms with E-state index < -0.39 is 0 Å². The summed E-state index contributed by atoms with van der Waals surface area (Å²) in [5.74, 6) is 0.849. The first-order valence-corrected chi connectivity index (χ1v) is 8.06. The minimum absolute atomic E-state index is 0.000947. The zero-order chi connectivity index (χ0) is 16.6. The van der Waals surface area contributed by atoms with Crippen molar-refractivity contribution < 1.29 is 4.74 Å². The van der Waals surface area contributed by atoms with Gasteiger partial charge in [-0.2, -0.15) is 0 Å². The van der Waals surface area contributed by atoms with Crippen molar-refractivity contribution >= 4 is 5.96 Å². The van der Waals surface area contributed by atoms with Crippen LogP contribution in [0.5, 0.6) is 0 Å². The molecule has 0 fully saturated rings. The number of nitrogens with zero attached hydrogens (tertiary/aromatic N) is 1. The molecule has 0 radical (unpaired) electrons. The minimum Gasteiger partial charge on any atom is -0.374 e. The fourth-order valence-electron chi connectivity index (χ4n) is 1.84. The lowest BCUT2D eigenvalue weighted by atomic mass is 10.1. The van der Waals surface area contributed by atoms with Gasteiger partial charge in [-0.3, -0.25) is 0 Å². The maximum Gasteiger partial charge on any atom is 0.191 e. The van der Waals surface area contributed by atoms with E-state index in [1.807, 2.05) is 13.8 Å². The van der Waals surface area contributed by atoms with E-state index in [2.05, 4.69) is 67.6 Å². The molecule has 0 atom stereocenters. The molecule has 0 unspecified atom stereocenters. The molecule has 124 valence electrons. The van der Waals surface area contributed by atoms with Gasteiger partial charge in [-0.15, -0.1) is 0 Å². The van der Waals surface area contributed by atoms with Crippen molar-refractivity contribution in [1.29, 1.82) is 0 Å². The van der Waals surface area contributed by atoms with Gasteiger partial charge in [-0.1, -0.05) is 24.3 Å². The topological polar surface area (TPSA) is 45.7 Å². The lowest BCUT2D eigenvalue weighted by Gasteiger charge is -2.23. The van der Waals surface area contributed by atoms with Gasteiger partial charge in [0.2, 0.25) is 0 Å². The van der Waals surface area contributed by atoms with Crippen LogP contribution < -0.4 is 10.6 Å².